The second kappa shape index (κ2) is 6.56. The molecular weight excluding hydrogens is 334 g/mol. The van der Waals surface area contributed by atoms with Crippen LogP contribution in [0.5, 0.6) is 0 Å². The largest absolute Gasteiger partial charge is 0.344 e. The van der Waals surface area contributed by atoms with Crippen LogP contribution in [0.4, 0.5) is 0 Å². The third-order valence-electron chi connectivity index (χ3n) is 3.66. The minimum Gasteiger partial charge on any atom is -0.344 e. The molecule has 21 heavy (non-hydrogen) atoms. The molecule has 1 aromatic heterocycles. The molecule has 0 spiro atoms. The summed E-state index contributed by atoms with van der Waals surface area (Å²) < 4.78 is 0.879. The first-order chi connectivity index (χ1) is 9.88. The monoisotopic (exact) mass is 353 g/mol. The van der Waals surface area contributed by atoms with E-state index in [2.05, 4.69) is 26.2 Å². The molecule has 1 aliphatic rings. The lowest BCUT2D eigenvalue weighted by atomic mass is 10.0. The van der Waals surface area contributed by atoms with Gasteiger partial charge >= 0.3 is 0 Å². The van der Waals surface area contributed by atoms with Gasteiger partial charge in [0.25, 0.3) is 0 Å². The summed E-state index contributed by atoms with van der Waals surface area (Å²) in [5, 5.41) is 2.83. The average molecular weight is 354 g/mol. The molecule has 114 valence electrons. The minimum atomic E-state index is -0.456. The number of nitrogens with zero attached hydrogens (tertiary/aromatic N) is 2. The SMILES string of the molecule is CC(C)C1NC(=O)CC(C)N(Cc2cncc(Br)c2)C1=O. The fourth-order valence-electron chi connectivity index (χ4n) is 2.49. The summed E-state index contributed by atoms with van der Waals surface area (Å²) in [6, 6.07) is 1.36. The van der Waals surface area contributed by atoms with Gasteiger partial charge in [0.1, 0.15) is 6.04 Å². The summed E-state index contributed by atoms with van der Waals surface area (Å²) in [4.78, 5) is 30.5. The second-order valence-electron chi connectivity index (χ2n) is 5.82. The van der Waals surface area contributed by atoms with Crippen molar-refractivity contribution in [2.45, 2.75) is 45.8 Å². The lowest BCUT2D eigenvalue weighted by Gasteiger charge is -2.30. The van der Waals surface area contributed by atoms with Gasteiger partial charge in [-0.15, -0.1) is 0 Å². The summed E-state index contributed by atoms with van der Waals surface area (Å²) in [6.45, 7) is 6.26. The van der Waals surface area contributed by atoms with E-state index in [1.165, 1.54) is 0 Å². The van der Waals surface area contributed by atoms with Crippen LogP contribution >= 0.6 is 15.9 Å². The molecule has 6 heteroatoms. The molecule has 1 aromatic rings. The van der Waals surface area contributed by atoms with E-state index in [4.69, 9.17) is 0 Å². The molecule has 0 aromatic carbocycles. The Bertz CT molecular complexity index is 547. The van der Waals surface area contributed by atoms with Crippen molar-refractivity contribution in [2.24, 2.45) is 5.92 Å². The van der Waals surface area contributed by atoms with Crippen LogP contribution in [-0.2, 0) is 16.1 Å². The number of carbonyl (C=O) groups is 2. The van der Waals surface area contributed by atoms with Crippen LogP contribution in [0.25, 0.3) is 0 Å². The highest BCUT2D eigenvalue weighted by atomic mass is 79.9. The van der Waals surface area contributed by atoms with E-state index in [0.29, 0.717) is 13.0 Å². The van der Waals surface area contributed by atoms with E-state index in [9.17, 15) is 9.59 Å². The molecular formula is C15H20BrN3O2. The van der Waals surface area contributed by atoms with Crippen LogP contribution in [0.2, 0.25) is 0 Å². The van der Waals surface area contributed by atoms with Gasteiger partial charge in [0.05, 0.1) is 0 Å². The highest BCUT2D eigenvalue weighted by molar-refractivity contribution is 9.10. The Kier molecular flexibility index (Phi) is 4.98. The van der Waals surface area contributed by atoms with E-state index in [1.807, 2.05) is 26.8 Å². The van der Waals surface area contributed by atoms with E-state index in [-0.39, 0.29) is 23.8 Å². The molecule has 1 aliphatic heterocycles. The van der Waals surface area contributed by atoms with Crippen molar-refractivity contribution < 1.29 is 9.59 Å². The zero-order valence-electron chi connectivity index (χ0n) is 12.5. The Morgan fingerprint density at radius 1 is 1.43 bits per heavy atom. The fraction of sp³-hybridized carbons (Fsp3) is 0.533. The van der Waals surface area contributed by atoms with Crippen molar-refractivity contribution in [2.75, 3.05) is 0 Å². The Labute approximate surface area is 133 Å². The molecule has 0 bridgehead atoms. The topological polar surface area (TPSA) is 62.3 Å². The number of hydrogen-bond acceptors (Lipinski definition) is 3. The third-order valence-corrected chi connectivity index (χ3v) is 4.09. The fourth-order valence-corrected chi connectivity index (χ4v) is 2.91. The van der Waals surface area contributed by atoms with Gasteiger partial charge in [0.2, 0.25) is 11.8 Å². The van der Waals surface area contributed by atoms with Crippen molar-refractivity contribution in [3.63, 3.8) is 0 Å². The molecule has 1 N–H and O–H groups in total. The maximum absolute atomic E-state index is 12.7. The second-order valence-corrected chi connectivity index (χ2v) is 6.74. The Morgan fingerprint density at radius 3 is 2.76 bits per heavy atom. The van der Waals surface area contributed by atoms with Crippen LogP contribution in [0.15, 0.2) is 22.9 Å². The van der Waals surface area contributed by atoms with Gasteiger partial charge in [0.15, 0.2) is 0 Å². The van der Waals surface area contributed by atoms with E-state index < -0.39 is 6.04 Å². The predicted molar refractivity (Wildman–Crippen MR) is 83.3 cm³/mol. The van der Waals surface area contributed by atoms with Gasteiger partial charge in [-0.05, 0) is 40.4 Å². The van der Waals surface area contributed by atoms with Crippen LogP contribution in [0.3, 0.4) is 0 Å². The first kappa shape index (κ1) is 15.9. The van der Waals surface area contributed by atoms with Crippen molar-refractivity contribution in [3.8, 4) is 0 Å². The van der Waals surface area contributed by atoms with E-state index in [1.54, 1.807) is 17.3 Å². The van der Waals surface area contributed by atoms with Gasteiger partial charge in [-0.2, -0.15) is 0 Å². The maximum atomic E-state index is 12.7. The first-order valence-corrected chi connectivity index (χ1v) is 7.87. The van der Waals surface area contributed by atoms with Gasteiger partial charge in [0, 0.05) is 35.9 Å². The number of rotatable bonds is 3. The summed E-state index contributed by atoms with van der Waals surface area (Å²) in [5.41, 5.74) is 0.946. The van der Waals surface area contributed by atoms with Crippen molar-refractivity contribution >= 4 is 27.7 Å². The van der Waals surface area contributed by atoms with Gasteiger partial charge < -0.3 is 10.2 Å². The Hall–Kier alpha value is -1.43. The molecule has 2 heterocycles. The summed E-state index contributed by atoms with van der Waals surface area (Å²) >= 11 is 3.38. The molecule has 1 fully saturated rings. The number of carbonyl (C=O) groups excluding carboxylic acids is 2. The Balaban J connectivity index is 2.25. The lowest BCUT2D eigenvalue weighted by molar-refractivity contribution is -0.136. The third kappa shape index (κ3) is 3.81. The number of pyridine rings is 1. The average Bonchev–Trinajstić information content (AvgIpc) is 2.50. The molecule has 2 amide bonds. The number of hydrogen-bond donors (Lipinski definition) is 1. The molecule has 2 rings (SSSR count). The quantitative estimate of drug-likeness (QED) is 0.904. The van der Waals surface area contributed by atoms with Crippen molar-refractivity contribution in [3.05, 3.63) is 28.5 Å². The molecule has 2 atom stereocenters. The molecule has 0 saturated carbocycles. The summed E-state index contributed by atoms with van der Waals surface area (Å²) in [5.74, 6) is -0.0253. The molecule has 0 aliphatic carbocycles. The van der Waals surface area contributed by atoms with Crippen LogP contribution in [0.1, 0.15) is 32.8 Å². The number of nitrogens with one attached hydrogen (secondary N) is 1. The zero-order valence-corrected chi connectivity index (χ0v) is 14.1. The number of aromatic nitrogens is 1. The highest BCUT2D eigenvalue weighted by Crippen LogP contribution is 2.19. The van der Waals surface area contributed by atoms with E-state index in [0.717, 1.165) is 10.0 Å². The lowest BCUT2D eigenvalue weighted by Crippen LogP contribution is -2.48. The zero-order chi connectivity index (χ0) is 15.6. The van der Waals surface area contributed by atoms with Crippen LogP contribution in [-0.4, -0.2) is 33.8 Å². The highest BCUT2D eigenvalue weighted by Gasteiger charge is 2.35. The molecule has 0 radical (unpaired) electrons. The van der Waals surface area contributed by atoms with Crippen LogP contribution < -0.4 is 5.32 Å². The van der Waals surface area contributed by atoms with E-state index >= 15 is 0 Å². The van der Waals surface area contributed by atoms with Gasteiger partial charge in [-0.1, -0.05) is 13.8 Å². The first-order valence-electron chi connectivity index (χ1n) is 7.07. The maximum Gasteiger partial charge on any atom is 0.245 e. The Morgan fingerprint density at radius 2 is 2.14 bits per heavy atom. The molecule has 1 saturated heterocycles. The number of amides is 2. The van der Waals surface area contributed by atoms with Crippen LogP contribution in [0, 0.1) is 5.92 Å². The molecule has 5 nitrogen and oxygen atoms in total. The predicted octanol–water partition coefficient (Wildman–Crippen LogP) is 2.11. The number of halogens is 1. The minimum absolute atomic E-state index is 0.0247. The normalized spacial score (nSPS) is 23.2. The van der Waals surface area contributed by atoms with Gasteiger partial charge in [-0.3, -0.25) is 14.6 Å². The smallest absolute Gasteiger partial charge is 0.245 e. The van der Waals surface area contributed by atoms with Gasteiger partial charge in [-0.25, -0.2) is 0 Å². The summed E-state index contributed by atoms with van der Waals surface area (Å²) in [7, 11) is 0. The van der Waals surface area contributed by atoms with Crippen molar-refractivity contribution in [1.29, 1.82) is 0 Å². The van der Waals surface area contributed by atoms with Crippen molar-refractivity contribution in [1.82, 2.24) is 15.2 Å². The summed E-state index contributed by atoms with van der Waals surface area (Å²) in [6.07, 6.45) is 3.78. The molecule has 2 unspecified atom stereocenters. The standard InChI is InChI=1S/C15H20BrN3O2/c1-9(2)14-15(21)19(10(3)4-13(20)18-14)8-11-5-12(16)7-17-6-11/h5-7,9-10,14H,4,8H2,1-3H3,(H,18,20).